The van der Waals surface area contributed by atoms with Gasteiger partial charge in [-0.25, -0.2) is 9.07 Å². The summed E-state index contributed by atoms with van der Waals surface area (Å²) in [5.41, 5.74) is 4.32. The molecular formula is C23H20FN5O2. The van der Waals surface area contributed by atoms with Crippen LogP contribution in [0, 0.1) is 13.8 Å². The van der Waals surface area contributed by atoms with Crippen LogP contribution in [0.3, 0.4) is 0 Å². The summed E-state index contributed by atoms with van der Waals surface area (Å²) in [4.78, 5) is 17.3. The molecule has 1 N–H and O–H groups in total. The summed E-state index contributed by atoms with van der Waals surface area (Å²) in [5.74, 6) is 0.136. The minimum atomic E-state index is -0.902. The van der Waals surface area contributed by atoms with Gasteiger partial charge in [-0.05, 0) is 44.0 Å². The van der Waals surface area contributed by atoms with Crippen molar-refractivity contribution in [2.45, 2.75) is 32.4 Å². The molecule has 156 valence electrons. The highest BCUT2D eigenvalue weighted by molar-refractivity contribution is 6.05. The van der Waals surface area contributed by atoms with E-state index in [1.54, 1.807) is 16.9 Å². The van der Waals surface area contributed by atoms with Crippen molar-refractivity contribution in [2.75, 3.05) is 5.32 Å². The lowest BCUT2D eigenvalue weighted by atomic mass is 10.1. The molecule has 0 aliphatic heterocycles. The molecule has 5 rings (SSSR count). The highest BCUT2D eigenvalue weighted by atomic mass is 19.1. The van der Waals surface area contributed by atoms with Crippen LogP contribution in [-0.4, -0.2) is 32.0 Å². The fourth-order valence-corrected chi connectivity index (χ4v) is 3.47. The number of aryl methyl sites for hydroxylation is 1. The zero-order valence-corrected chi connectivity index (χ0v) is 17.0. The van der Waals surface area contributed by atoms with E-state index < -0.39 is 6.17 Å². The maximum atomic E-state index is 13.3. The predicted molar refractivity (Wildman–Crippen MR) is 113 cm³/mol. The molecule has 0 unspecified atom stereocenters. The SMILES string of the molecule is Cc1ccc(-c2noc([C@H]3C[C@@H]3F)n2)cc1NC(=O)c1cnn(-c2ccccc2)c1C. The fraction of sp³-hybridized carbons (Fsp3) is 0.217. The van der Waals surface area contributed by atoms with Crippen molar-refractivity contribution < 1.29 is 13.7 Å². The summed E-state index contributed by atoms with van der Waals surface area (Å²) in [6, 6.07) is 15.1. The quantitative estimate of drug-likeness (QED) is 0.512. The van der Waals surface area contributed by atoms with E-state index in [1.165, 1.54) is 0 Å². The molecule has 2 heterocycles. The van der Waals surface area contributed by atoms with Gasteiger partial charge in [0.05, 0.1) is 29.1 Å². The Morgan fingerprint density at radius 2 is 1.97 bits per heavy atom. The summed E-state index contributed by atoms with van der Waals surface area (Å²) in [6.07, 6.45) is 1.08. The third-order valence-corrected chi connectivity index (χ3v) is 5.47. The van der Waals surface area contributed by atoms with Crippen LogP contribution in [0.1, 0.15) is 39.8 Å². The Kier molecular flexibility index (Phi) is 4.62. The summed E-state index contributed by atoms with van der Waals surface area (Å²) >= 11 is 0. The van der Waals surface area contributed by atoms with Crippen molar-refractivity contribution in [2.24, 2.45) is 0 Å². The average molecular weight is 417 g/mol. The molecule has 0 saturated heterocycles. The van der Waals surface area contributed by atoms with Gasteiger partial charge in [-0.15, -0.1) is 0 Å². The lowest BCUT2D eigenvalue weighted by Crippen LogP contribution is -2.14. The highest BCUT2D eigenvalue weighted by Crippen LogP contribution is 2.43. The highest BCUT2D eigenvalue weighted by Gasteiger charge is 2.43. The maximum absolute atomic E-state index is 13.3. The fourth-order valence-electron chi connectivity index (χ4n) is 3.47. The Hall–Kier alpha value is -3.81. The first kappa shape index (κ1) is 19.2. The lowest BCUT2D eigenvalue weighted by molar-refractivity contribution is 0.102. The van der Waals surface area contributed by atoms with Crippen molar-refractivity contribution in [1.29, 1.82) is 0 Å². The number of halogens is 1. The molecule has 7 nitrogen and oxygen atoms in total. The van der Waals surface area contributed by atoms with Gasteiger partial charge in [0.1, 0.15) is 6.17 Å². The topological polar surface area (TPSA) is 85.8 Å². The standard InChI is InChI=1S/C23H20FN5O2/c1-13-8-9-15(21-27-23(31-28-21)17-11-19(17)24)10-20(13)26-22(30)18-12-25-29(14(18)2)16-6-4-3-5-7-16/h3-10,12,17,19H,11H2,1-2H3,(H,26,30)/t17-,19-/m0/s1. The van der Waals surface area contributed by atoms with Gasteiger partial charge >= 0.3 is 0 Å². The second-order valence-corrected chi connectivity index (χ2v) is 7.69. The molecule has 1 aliphatic rings. The van der Waals surface area contributed by atoms with Crippen molar-refractivity contribution >= 4 is 11.6 Å². The van der Waals surface area contributed by atoms with Crippen LogP contribution in [0.25, 0.3) is 17.1 Å². The molecule has 1 saturated carbocycles. The largest absolute Gasteiger partial charge is 0.339 e. The second kappa shape index (κ2) is 7.46. The molecule has 0 spiro atoms. The van der Waals surface area contributed by atoms with E-state index in [-0.39, 0.29) is 11.8 Å². The number of hydrogen-bond acceptors (Lipinski definition) is 5. The van der Waals surface area contributed by atoms with Crippen molar-refractivity contribution in [1.82, 2.24) is 19.9 Å². The first-order chi connectivity index (χ1) is 15.0. The van der Waals surface area contributed by atoms with E-state index in [0.29, 0.717) is 35.0 Å². The molecule has 1 fully saturated rings. The summed E-state index contributed by atoms with van der Waals surface area (Å²) < 4.78 is 20.2. The Bertz CT molecular complexity index is 1260. The minimum Gasteiger partial charge on any atom is -0.339 e. The number of carbonyl (C=O) groups excluding carboxylic acids is 1. The molecule has 0 radical (unpaired) electrons. The summed E-state index contributed by atoms with van der Waals surface area (Å²) in [7, 11) is 0. The van der Waals surface area contributed by atoms with Gasteiger partial charge in [0.25, 0.3) is 5.91 Å². The number of nitrogens with one attached hydrogen (secondary N) is 1. The third kappa shape index (κ3) is 3.61. The minimum absolute atomic E-state index is 0.257. The van der Waals surface area contributed by atoms with Crippen LogP contribution in [0.4, 0.5) is 10.1 Å². The van der Waals surface area contributed by atoms with Crippen LogP contribution in [0.2, 0.25) is 0 Å². The molecule has 1 aliphatic carbocycles. The van der Waals surface area contributed by atoms with E-state index in [2.05, 4.69) is 20.6 Å². The Morgan fingerprint density at radius 1 is 1.19 bits per heavy atom. The van der Waals surface area contributed by atoms with E-state index >= 15 is 0 Å². The number of carbonyl (C=O) groups is 1. The van der Waals surface area contributed by atoms with Crippen molar-refractivity contribution in [3.63, 3.8) is 0 Å². The Balaban J connectivity index is 1.39. The van der Waals surface area contributed by atoms with Crippen LogP contribution in [-0.2, 0) is 0 Å². The molecule has 0 bridgehead atoms. The number of para-hydroxylation sites is 1. The predicted octanol–water partition coefficient (Wildman–Crippen LogP) is 4.62. The first-order valence-corrected chi connectivity index (χ1v) is 10.0. The lowest BCUT2D eigenvalue weighted by Gasteiger charge is -2.10. The van der Waals surface area contributed by atoms with Crippen LogP contribution in [0.15, 0.2) is 59.3 Å². The van der Waals surface area contributed by atoms with Gasteiger partial charge in [0.15, 0.2) is 0 Å². The molecule has 8 heteroatoms. The van der Waals surface area contributed by atoms with E-state index in [4.69, 9.17) is 4.52 Å². The summed E-state index contributed by atoms with van der Waals surface area (Å²) in [5, 5.41) is 11.3. The number of rotatable bonds is 5. The van der Waals surface area contributed by atoms with Crippen LogP contribution in [0.5, 0.6) is 0 Å². The molecule has 2 aromatic heterocycles. The number of nitrogens with zero attached hydrogens (tertiary/aromatic N) is 4. The number of benzene rings is 2. The van der Waals surface area contributed by atoms with Crippen molar-refractivity contribution in [3.8, 4) is 17.1 Å². The van der Waals surface area contributed by atoms with Gasteiger partial charge in [-0.1, -0.05) is 35.5 Å². The van der Waals surface area contributed by atoms with Gasteiger partial charge in [0, 0.05) is 11.3 Å². The molecule has 4 aromatic rings. The molecule has 1 amide bonds. The molecule has 2 atom stereocenters. The smallest absolute Gasteiger partial charge is 0.259 e. The van der Waals surface area contributed by atoms with E-state index in [0.717, 1.165) is 16.9 Å². The van der Waals surface area contributed by atoms with Gasteiger partial charge < -0.3 is 9.84 Å². The monoisotopic (exact) mass is 417 g/mol. The summed E-state index contributed by atoms with van der Waals surface area (Å²) in [6.45, 7) is 3.76. The number of anilines is 1. The molecular weight excluding hydrogens is 397 g/mol. The van der Waals surface area contributed by atoms with E-state index in [1.807, 2.05) is 56.3 Å². The maximum Gasteiger partial charge on any atom is 0.259 e. The molecule has 31 heavy (non-hydrogen) atoms. The number of hydrogen-bond donors (Lipinski definition) is 1. The Labute approximate surface area is 177 Å². The zero-order chi connectivity index (χ0) is 21.5. The first-order valence-electron chi connectivity index (χ1n) is 10.0. The van der Waals surface area contributed by atoms with Crippen LogP contribution >= 0.6 is 0 Å². The van der Waals surface area contributed by atoms with E-state index in [9.17, 15) is 9.18 Å². The van der Waals surface area contributed by atoms with Gasteiger partial charge in [0.2, 0.25) is 11.7 Å². The number of alkyl halides is 1. The molecule has 2 aromatic carbocycles. The van der Waals surface area contributed by atoms with Crippen molar-refractivity contribution in [3.05, 3.63) is 77.4 Å². The van der Waals surface area contributed by atoms with Gasteiger partial charge in [-0.2, -0.15) is 10.1 Å². The normalized spacial score (nSPS) is 17.5. The second-order valence-electron chi connectivity index (χ2n) is 7.69. The Morgan fingerprint density at radius 3 is 2.71 bits per heavy atom. The average Bonchev–Trinajstić information content (AvgIpc) is 3.15. The number of aromatic nitrogens is 4. The zero-order valence-electron chi connectivity index (χ0n) is 17.0. The van der Waals surface area contributed by atoms with Gasteiger partial charge in [-0.3, -0.25) is 4.79 Å². The number of amides is 1. The van der Waals surface area contributed by atoms with Crippen LogP contribution < -0.4 is 5.32 Å². The third-order valence-electron chi connectivity index (χ3n) is 5.47.